The first-order valence-electron chi connectivity index (χ1n) is 9.76. The van der Waals surface area contributed by atoms with Gasteiger partial charge >= 0.3 is 10.2 Å². The minimum absolute atomic E-state index is 0.0990. The molecule has 2 N–H and O–H groups in total. The van der Waals surface area contributed by atoms with E-state index in [2.05, 4.69) is 10.1 Å². The number of hydrogen-bond acceptors (Lipinski definition) is 4. The van der Waals surface area contributed by atoms with Crippen molar-refractivity contribution in [2.45, 2.75) is 20.3 Å². The van der Waals surface area contributed by atoms with Crippen LogP contribution < -0.4 is 10.1 Å². The number of nitrogens with zero attached hydrogens (tertiary/aromatic N) is 2. The Morgan fingerprint density at radius 2 is 1.80 bits per heavy atom. The molecular weight excluding hydrogens is 440 g/mol. The van der Waals surface area contributed by atoms with Crippen LogP contribution in [-0.4, -0.2) is 42.5 Å². The molecule has 0 saturated carbocycles. The van der Waals surface area contributed by atoms with E-state index >= 15 is 0 Å². The van der Waals surface area contributed by atoms with E-state index in [4.69, 9.17) is 23.8 Å². The van der Waals surface area contributed by atoms with Gasteiger partial charge < -0.3 is 0 Å². The molecule has 3 rings (SSSR count). The third-order valence-corrected chi connectivity index (χ3v) is 7.02. The van der Waals surface area contributed by atoms with E-state index in [-0.39, 0.29) is 5.11 Å². The van der Waals surface area contributed by atoms with Crippen LogP contribution in [0.5, 0.6) is 0 Å². The minimum atomic E-state index is -3.72. The lowest BCUT2D eigenvalue weighted by molar-refractivity contribution is 0.410. The Morgan fingerprint density at radius 3 is 2.40 bits per heavy atom. The number of halogens is 1. The second kappa shape index (κ2) is 9.78. The molecule has 2 aromatic rings. The van der Waals surface area contributed by atoms with Gasteiger partial charge in [0.1, 0.15) is 0 Å². The number of thiocarbonyl (C=S) groups is 1. The normalized spacial score (nSPS) is 14.2. The van der Waals surface area contributed by atoms with Crippen molar-refractivity contribution in [1.82, 2.24) is 19.5 Å². The molecular formula is C21H25ClN4O2S2. The molecule has 0 aromatic heterocycles. The van der Waals surface area contributed by atoms with Gasteiger partial charge in [0.2, 0.25) is 5.11 Å². The molecule has 2 aromatic carbocycles. The predicted molar refractivity (Wildman–Crippen MR) is 127 cm³/mol. The van der Waals surface area contributed by atoms with Gasteiger partial charge in [-0.3, -0.25) is 10.4 Å². The summed E-state index contributed by atoms with van der Waals surface area (Å²) in [5, 5.41) is 2.38. The van der Waals surface area contributed by atoms with E-state index in [1.807, 2.05) is 61.5 Å². The van der Waals surface area contributed by atoms with Gasteiger partial charge in [-0.25, -0.2) is 4.72 Å². The predicted octanol–water partition coefficient (Wildman–Crippen LogP) is 3.88. The second-order valence-corrected chi connectivity index (χ2v) is 9.32. The molecule has 1 aliphatic rings. The smallest absolute Gasteiger partial charge is 0.295 e. The van der Waals surface area contributed by atoms with Crippen LogP contribution in [0.15, 0.2) is 54.6 Å². The molecule has 0 atom stereocenters. The Kier molecular flexibility index (Phi) is 7.36. The monoisotopic (exact) mass is 464 g/mol. The van der Waals surface area contributed by atoms with Crippen molar-refractivity contribution >= 4 is 50.4 Å². The first-order valence-corrected chi connectivity index (χ1v) is 12.0. The standard InChI is InChI=1S/C21H25ClN4O2S2/c1-3-14-25(4-2)30(27,28)24-21(29)26-15-19(16-8-6-5-7-9-16)20(23-26)17-10-12-18(22)13-11-17/h5-13,23H,3-4,14-15H2,1-2H3,(H,24,29). The number of benzene rings is 2. The zero-order valence-corrected chi connectivity index (χ0v) is 19.3. The minimum Gasteiger partial charge on any atom is -0.295 e. The lowest BCUT2D eigenvalue weighted by Crippen LogP contribution is -2.51. The van der Waals surface area contributed by atoms with E-state index in [0.29, 0.717) is 24.7 Å². The molecule has 160 valence electrons. The first kappa shape index (κ1) is 22.6. The lowest BCUT2D eigenvalue weighted by Gasteiger charge is -2.25. The SMILES string of the molecule is CCCN(CC)S(=O)(=O)NC(=S)N1CC(c2ccccc2)=C(c2ccc(Cl)cc2)N1. The van der Waals surface area contributed by atoms with Crippen molar-refractivity contribution in [2.75, 3.05) is 19.6 Å². The summed E-state index contributed by atoms with van der Waals surface area (Å²) in [6, 6.07) is 17.4. The summed E-state index contributed by atoms with van der Waals surface area (Å²) in [5.41, 5.74) is 7.11. The van der Waals surface area contributed by atoms with Crippen molar-refractivity contribution in [3.05, 3.63) is 70.7 Å². The van der Waals surface area contributed by atoms with Crippen LogP contribution in [0.2, 0.25) is 5.02 Å². The number of hydrazine groups is 1. The van der Waals surface area contributed by atoms with Gasteiger partial charge in [0, 0.05) is 23.7 Å². The van der Waals surface area contributed by atoms with E-state index < -0.39 is 10.2 Å². The van der Waals surface area contributed by atoms with Gasteiger partial charge in [0.15, 0.2) is 0 Å². The highest BCUT2D eigenvalue weighted by molar-refractivity contribution is 7.89. The van der Waals surface area contributed by atoms with Crippen molar-refractivity contribution < 1.29 is 8.42 Å². The maximum absolute atomic E-state index is 12.7. The zero-order chi connectivity index (χ0) is 21.7. The van der Waals surface area contributed by atoms with Crippen LogP contribution in [0.25, 0.3) is 11.3 Å². The topological polar surface area (TPSA) is 64.7 Å². The summed E-state index contributed by atoms with van der Waals surface area (Å²) in [6.45, 7) is 4.98. The van der Waals surface area contributed by atoms with Crippen LogP contribution in [0, 0.1) is 0 Å². The Bertz CT molecular complexity index is 1020. The fourth-order valence-corrected chi connectivity index (χ4v) is 5.03. The number of rotatable bonds is 7. The molecule has 30 heavy (non-hydrogen) atoms. The molecule has 0 unspecified atom stereocenters. The summed E-state index contributed by atoms with van der Waals surface area (Å²) < 4.78 is 29.3. The van der Waals surface area contributed by atoms with Gasteiger partial charge in [-0.2, -0.15) is 12.7 Å². The summed E-state index contributed by atoms with van der Waals surface area (Å²) in [5.74, 6) is 0. The van der Waals surface area contributed by atoms with Crippen molar-refractivity contribution in [2.24, 2.45) is 0 Å². The van der Waals surface area contributed by atoms with E-state index in [9.17, 15) is 8.42 Å². The van der Waals surface area contributed by atoms with Crippen LogP contribution in [0.4, 0.5) is 0 Å². The fraction of sp³-hybridized carbons (Fsp3) is 0.286. The molecule has 0 saturated heterocycles. The Morgan fingerprint density at radius 1 is 1.13 bits per heavy atom. The highest BCUT2D eigenvalue weighted by atomic mass is 35.5. The summed E-state index contributed by atoms with van der Waals surface area (Å²) >= 11 is 11.5. The highest BCUT2D eigenvalue weighted by Gasteiger charge is 2.29. The molecule has 0 spiro atoms. The zero-order valence-electron chi connectivity index (χ0n) is 16.9. The fourth-order valence-electron chi connectivity index (χ4n) is 3.26. The van der Waals surface area contributed by atoms with Gasteiger partial charge in [0.05, 0.1) is 12.2 Å². The Labute approximate surface area is 188 Å². The quantitative estimate of drug-likeness (QED) is 0.609. The number of nitrogens with one attached hydrogen (secondary N) is 2. The Hall–Kier alpha value is -2.13. The van der Waals surface area contributed by atoms with Gasteiger partial charge in [-0.05, 0) is 41.9 Å². The van der Waals surface area contributed by atoms with Crippen LogP contribution in [0.1, 0.15) is 31.4 Å². The first-order chi connectivity index (χ1) is 14.4. The van der Waals surface area contributed by atoms with E-state index in [1.54, 1.807) is 11.9 Å². The molecule has 0 bridgehead atoms. The molecule has 0 fully saturated rings. The maximum Gasteiger partial charge on any atom is 0.303 e. The average Bonchev–Trinajstić information content (AvgIpc) is 3.18. The van der Waals surface area contributed by atoms with Crippen LogP contribution in [-0.2, 0) is 10.2 Å². The maximum atomic E-state index is 12.7. The summed E-state index contributed by atoms with van der Waals surface area (Å²) in [6.07, 6.45) is 0.726. The summed E-state index contributed by atoms with van der Waals surface area (Å²) in [7, 11) is -3.72. The van der Waals surface area contributed by atoms with Crippen LogP contribution >= 0.6 is 23.8 Å². The van der Waals surface area contributed by atoms with Crippen LogP contribution in [0.3, 0.4) is 0 Å². The molecule has 0 radical (unpaired) electrons. The van der Waals surface area contributed by atoms with E-state index in [1.165, 1.54) is 4.31 Å². The molecule has 0 amide bonds. The molecule has 1 aliphatic heterocycles. The third kappa shape index (κ3) is 5.13. The second-order valence-electron chi connectivity index (χ2n) is 6.83. The van der Waals surface area contributed by atoms with Crippen molar-refractivity contribution in [1.29, 1.82) is 0 Å². The molecule has 9 heteroatoms. The van der Waals surface area contributed by atoms with Crippen molar-refractivity contribution in [3.8, 4) is 0 Å². The van der Waals surface area contributed by atoms with E-state index in [0.717, 1.165) is 28.8 Å². The van der Waals surface area contributed by atoms with Crippen molar-refractivity contribution in [3.63, 3.8) is 0 Å². The van der Waals surface area contributed by atoms with Gasteiger partial charge in [-0.1, -0.05) is 67.9 Å². The molecule has 0 aliphatic carbocycles. The highest BCUT2D eigenvalue weighted by Crippen LogP contribution is 2.30. The molecule has 6 nitrogen and oxygen atoms in total. The van der Waals surface area contributed by atoms with Gasteiger partial charge in [-0.15, -0.1) is 0 Å². The van der Waals surface area contributed by atoms with Gasteiger partial charge in [0.25, 0.3) is 0 Å². The molecule has 1 heterocycles. The Balaban J connectivity index is 1.86. The third-order valence-electron chi connectivity index (χ3n) is 4.75. The average molecular weight is 465 g/mol. The summed E-state index contributed by atoms with van der Waals surface area (Å²) in [4.78, 5) is 0. The largest absolute Gasteiger partial charge is 0.303 e. The lowest BCUT2D eigenvalue weighted by atomic mass is 10.0. The number of hydrogen-bond donors (Lipinski definition) is 2.